The third kappa shape index (κ3) is 9.14. The maximum atomic E-state index is 12.8. The Morgan fingerprint density at radius 2 is 2.12 bits per heavy atom. The van der Waals surface area contributed by atoms with Gasteiger partial charge in [-0.25, -0.2) is 4.39 Å². The van der Waals surface area contributed by atoms with Crippen molar-refractivity contribution >= 4 is 29.7 Å². The Balaban J connectivity index is 0. The van der Waals surface area contributed by atoms with Crippen molar-refractivity contribution in [2.75, 3.05) is 20.2 Å². The van der Waals surface area contributed by atoms with Crippen LogP contribution in [0.25, 0.3) is 0 Å². The fraction of sp³-hybridized carbons (Fsp3) is 0.364. The monoisotopic (exact) mass is 280 g/mol. The first-order chi connectivity index (χ1) is 8.17. The van der Waals surface area contributed by atoms with Crippen LogP contribution in [0, 0.1) is 5.82 Å². The van der Waals surface area contributed by atoms with Crippen LogP contribution in [0.15, 0.2) is 18.2 Å². The molecule has 0 atom stereocenters. The zero-order valence-electron chi connectivity index (χ0n) is 9.75. The van der Waals surface area contributed by atoms with Crippen LogP contribution in [0.4, 0.5) is 4.39 Å². The first-order valence-electron chi connectivity index (χ1n) is 4.84. The van der Waals surface area contributed by atoms with Gasteiger partial charge in [-0.05, 0) is 19.0 Å². The van der Waals surface area contributed by atoms with E-state index in [4.69, 9.17) is 22.4 Å². The molecule has 0 bridgehead atoms. The Morgan fingerprint density at radius 1 is 1.53 bits per heavy atom. The molecule has 0 amide bonds. The molecule has 1 rings (SSSR count). The van der Waals surface area contributed by atoms with Crippen molar-refractivity contribution in [2.24, 2.45) is 5.73 Å². The lowest BCUT2D eigenvalue weighted by Gasteiger charge is -1.98. The Hall–Kier alpha value is -0.590. The third-order valence-electron chi connectivity index (χ3n) is 1.61. The van der Waals surface area contributed by atoms with Crippen LogP contribution in [0.3, 0.4) is 0 Å². The summed E-state index contributed by atoms with van der Waals surface area (Å²) in [5, 5.41) is 10.9. The van der Waals surface area contributed by atoms with E-state index in [0.717, 1.165) is 0 Å². The van der Waals surface area contributed by atoms with Crippen LogP contribution < -0.4 is 11.1 Å². The van der Waals surface area contributed by atoms with E-state index >= 15 is 0 Å². The molecule has 4 N–H and O–H groups in total. The average molecular weight is 281 g/mol. The molecule has 98 valence electrons. The van der Waals surface area contributed by atoms with E-state index in [1.807, 2.05) is 0 Å². The minimum atomic E-state index is -0.410. The smallest absolute Gasteiger partial charge is 0.146 e. The topological polar surface area (TPSA) is 58.3 Å². The van der Waals surface area contributed by atoms with Crippen molar-refractivity contribution in [2.45, 2.75) is 6.54 Å². The standard InChI is InChI=1S/C7H7ClFN.C3H9NO.CH2S/c8-6-3-1-2-5(4-10)7(6)9;1-4-2-3-5;1-2/h1-3H,4,10H2;4-5H,2-3H2,1H3;1H2. The zero-order valence-corrected chi connectivity index (χ0v) is 11.3. The van der Waals surface area contributed by atoms with Gasteiger partial charge in [-0.3, -0.25) is 0 Å². The number of thiocarbonyl (C=S) groups is 1. The Morgan fingerprint density at radius 3 is 2.41 bits per heavy atom. The molecule has 0 saturated heterocycles. The summed E-state index contributed by atoms with van der Waals surface area (Å²) in [6.07, 6.45) is 0. The predicted octanol–water partition coefficient (Wildman–Crippen LogP) is 1.75. The van der Waals surface area contributed by atoms with Gasteiger partial charge < -0.3 is 16.2 Å². The van der Waals surface area contributed by atoms with Gasteiger partial charge in [0.2, 0.25) is 0 Å². The van der Waals surface area contributed by atoms with Crippen LogP contribution in [-0.2, 0) is 6.54 Å². The highest BCUT2D eigenvalue weighted by atomic mass is 35.5. The van der Waals surface area contributed by atoms with Gasteiger partial charge in [0.15, 0.2) is 0 Å². The van der Waals surface area contributed by atoms with Gasteiger partial charge in [0.1, 0.15) is 5.82 Å². The zero-order chi connectivity index (χ0) is 13.7. The molecule has 1 aromatic rings. The lowest BCUT2D eigenvalue weighted by molar-refractivity contribution is 0.296. The number of hydrogen-bond donors (Lipinski definition) is 3. The summed E-state index contributed by atoms with van der Waals surface area (Å²) >= 11 is 9.30. The van der Waals surface area contributed by atoms with Crippen molar-refractivity contribution in [3.63, 3.8) is 0 Å². The molecule has 0 aliphatic rings. The molecule has 0 unspecified atom stereocenters. The molecule has 0 saturated carbocycles. The Bertz CT molecular complexity index is 301. The minimum Gasteiger partial charge on any atom is -0.395 e. The van der Waals surface area contributed by atoms with E-state index in [2.05, 4.69) is 23.4 Å². The summed E-state index contributed by atoms with van der Waals surface area (Å²) < 4.78 is 12.8. The number of hydrogen-bond acceptors (Lipinski definition) is 4. The van der Waals surface area contributed by atoms with E-state index in [-0.39, 0.29) is 18.2 Å². The van der Waals surface area contributed by atoms with Crippen molar-refractivity contribution in [3.05, 3.63) is 34.6 Å². The molecular weight excluding hydrogens is 263 g/mol. The van der Waals surface area contributed by atoms with E-state index < -0.39 is 5.82 Å². The van der Waals surface area contributed by atoms with Crippen molar-refractivity contribution in [3.8, 4) is 0 Å². The molecule has 0 fully saturated rings. The second kappa shape index (κ2) is 13.5. The molecule has 0 aliphatic heterocycles. The first kappa shape index (κ1) is 18.8. The number of likely N-dealkylation sites (N-methyl/N-ethyl adjacent to an activating group) is 1. The highest BCUT2D eigenvalue weighted by Gasteiger charge is 2.02. The molecule has 0 spiro atoms. The fourth-order valence-electron chi connectivity index (χ4n) is 0.818. The minimum absolute atomic E-state index is 0.128. The van der Waals surface area contributed by atoms with Crippen LogP contribution in [-0.4, -0.2) is 31.2 Å². The van der Waals surface area contributed by atoms with Gasteiger partial charge >= 0.3 is 0 Å². The number of rotatable bonds is 3. The summed E-state index contributed by atoms with van der Waals surface area (Å²) in [6.45, 7) is 1.11. The molecule has 6 heteroatoms. The molecular formula is C11H18ClFN2OS. The number of aliphatic hydroxyl groups excluding tert-OH is 1. The SMILES string of the molecule is C=S.CNCCO.NCc1cccc(Cl)c1F. The number of nitrogens with two attached hydrogens (primary N) is 1. The van der Waals surface area contributed by atoms with Crippen molar-refractivity contribution < 1.29 is 9.50 Å². The maximum Gasteiger partial charge on any atom is 0.146 e. The molecule has 0 radical (unpaired) electrons. The molecule has 0 heterocycles. The summed E-state index contributed by atoms with van der Waals surface area (Å²) in [6, 6.07) is 4.78. The second-order valence-corrected chi connectivity index (χ2v) is 3.15. The number of aliphatic hydroxyl groups is 1. The molecule has 1 aromatic carbocycles. The van der Waals surface area contributed by atoms with Gasteiger partial charge in [0, 0.05) is 18.7 Å². The summed E-state index contributed by atoms with van der Waals surface area (Å²) in [7, 11) is 1.80. The van der Waals surface area contributed by atoms with E-state index in [1.165, 1.54) is 6.07 Å². The van der Waals surface area contributed by atoms with Gasteiger partial charge in [0.25, 0.3) is 0 Å². The molecule has 0 aliphatic carbocycles. The third-order valence-corrected chi connectivity index (χ3v) is 1.91. The second-order valence-electron chi connectivity index (χ2n) is 2.74. The lowest BCUT2D eigenvalue weighted by atomic mass is 10.2. The van der Waals surface area contributed by atoms with Crippen LogP contribution >= 0.6 is 23.8 Å². The summed E-state index contributed by atoms with van der Waals surface area (Å²) in [5.74, 6) is 2.42. The van der Waals surface area contributed by atoms with E-state index in [0.29, 0.717) is 12.1 Å². The average Bonchev–Trinajstić information content (AvgIpc) is 2.37. The Labute approximate surface area is 112 Å². The summed E-state index contributed by atoms with van der Waals surface area (Å²) in [5.41, 5.74) is 5.67. The van der Waals surface area contributed by atoms with Gasteiger partial charge in [-0.2, -0.15) is 0 Å². The molecule has 17 heavy (non-hydrogen) atoms. The largest absolute Gasteiger partial charge is 0.395 e. The van der Waals surface area contributed by atoms with E-state index in [9.17, 15) is 4.39 Å². The van der Waals surface area contributed by atoms with E-state index in [1.54, 1.807) is 19.2 Å². The summed E-state index contributed by atoms with van der Waals surface area (Å²) in [4.78, 5) is 0. The highest BCUT2D eigenvalue weighted by molar-refractivity contribution is 7.77. The van der Waals surface area contributed by atoms with Crippen LogP contribution in [0.1, 0.15) is 5.56 Å². The Kier molecular flexibility index (Phi) is 14.9. The maximum absolute atomic E-state index is 12.8. The quantitative estimate of drug-likeness (QED) is 0.739. The highest BCUT2D eigenvalue weighted by Crippen LogP contribution is 2.16. The van der Waals surface area contributed by atoms with Crippen molar-refractivity contribution in [1.82, 2.24) is 5.32 Å². The fourth-order valence-corrected chi connectivity index (χ4v) is 1.01. The number of nitrogens with one attached hydrogen (secondary N) is 1. The lowest BCUT2D eigenvalue weighted by Crippen LogP contribution is -2.10. The molecule has 0 aromatic heterocycles. The first-order valence-corrected chi connectivity index (χ1v) is 5.80. The van der Waals surface area contributed by atoms with Crippen molar-refractivity contribution in [1.29, 1.82) is 0 Å². The number of halogens is 2. The normalized spacial score (nSPS) is 8.53. The molecule has 3 nitrogen and oxygen atoms in total. The van der Waals surface area contributed by atoms with Crippen LogP contribution in [0.5, 0.6) is 0 Å². The van der Waals surface area contributed by atoms with Crippen LogP contribution in [0.2, 0.25) is 5.02 Å². The predicted molar refractivity (Wildman–Crippen MR) is 75.0 cm³/mol. The van der Waals surface area contributed by atoms with Gasteiger partial charge in [-0.1, -0.05) is 36.0 Å². The number of benzene rings is 1. The van der Waals surface area contributed by atoms with Gasteiger partial charge in [0.05, 0.1) is 11.6 Å². The van der Waals surface area contributed by atoms with Gasteiger partial charge in [-0.15, -0.1) is 0 Å².